The molecule has 1 aliphatic carbocycles. The quantitative estimate of drug-likeness (QED) is 0.195. The number of phenolic OH excluding ortho intramolecular Hbond substituents is 1. The predicted octanol–water partition coefficient (Wildman–Crippen LogP) is 8.02. The molecule has 0 amide bonds. The van der Waals surface area contributed by atoms with Crippen LogP contribution in [-0.4, -0.2) is 28.3 Å². The Morgan fingerprint density at radius 1 is 0.854 bits per heavy atom. The molecular weight excluding hydrogens is 510 g/mol. The summed E-state index contributed by atoms with van der Waals surface area (Å²) in [5.74, 6) is -0.289. The minimum atomic E-state index is -0.924. The average Bonchev–Trinajstić information content (AvgIpc) is 3.16. The van der Waals surface area contributed by atoms with Gasteiger partial charge in [0.2, 0.25) is 0 Å². The lowest BCUT2D eigenvalue weighted by Gasteiger charge is -2.28. The van der Waals surface area contributed by atoms with E-state index in [0.717, 1.165) is 34.9 Å². The fourth-order valence-corrected chi connectivity index (χ4v) is 5.74. The highest BCUT2D eigenvalue weighted by molar-refractivity contribution is 6.30. The molecule has 1 N–H and O–H groups in total. The highest BCUT2D eigenvalue weighted by atomic mass is 16.5. The molecule has 0 saturated heterocycles. The first-order valence-corrected chi connectivity index (χ1v) is 14.3. The number of rotatable bonds is 6. The molecule has 1 aromatic heterocycles. The van der Waals surface area contributed by atoms with Crippen molar-refractivity contribution in [2.75, 3.05) is 6.61 Å². The van der Waals surface area contributed by atoms with Gasteiger partial charge in [0.1, 0.15) is 22.9 Å². The third-order valence-corrected chi connectivity index (χ3v) is 7.96. The number of hydrogen-bond donors (Lipinski definition) is 1. The first kappa shape index (κ1) is 28.5. The van der Waals surface area contributed by atoms with Crippen LogP contribution in [0.25, 0.3) is 10.9 Å². The standard InChI is InChI=1S/C36H39NO4/c1-21-11-8-14-24-29(21)34(40)30(32(24)38)27-17-16-23-13-9-15-28(31(23)37-27)41-18-10-12-22-19-25(35(2,3)4)33(39)26(20-22)36(5,6)7/h8-9,11,13-17,19-20,30,39H,10,12,18H2,1-7H3/t30-/m1/s1. The van der Waals surface area contributed by atoms with Gasteiger partial charge in [0, 0.05) is 16.5 Å². The minimum Gasteiger partial charge on any atom is -0.507 e. The molecule has 5 nitrogen and oxygen atoms in total. The molecule has 41 heavy (non-hydrogen) atoms. The van der Waals surface area contributed by atoms with Crippen molar-refractivity contribution in [2.24, 2.45) is 0 Å². The first-order chi connectivity index (χ1) is 19.3. The predicted molar refractivity (Wildman–Crippen MR) is 164 cm³/mol. The smallest absolute Gasteiger partial charge is 0.180 e. The van der Waals surface area contributed by atoms with Crippen molar-refractivity contribution in [3.63, 3.8) is 0 Å². The molecule has 0 bridgehead atoms. The van der Waals surface area contributed by atoms with Crippen LogP contribution in [0.1, 0.15) is 103 Å². The van der Waals surface area contributed by atoms with E-state index in [1.54, 1.807) is 12.1 Å². The summed E-state index contributed by atoms with van der Waals surface area (Å²) in [4.78, 5) is 31.3. The number of para-hydroxylation sites is 1. The number of nitrogens with zero attached hydrogens (tertiary/aromatic N) is 1. The van der Waals surface area contributed by atoms with Gasteiger partial charge in [-0.25, -0.2) is 4.98 Å². The number of fused-ring (bicyclic) bond motifs is 2. The fraction of sp³-hybridized carbons (Fsp3) is 0.361. The molecule has 5 heteroatoms. The minimum absolute atomic E-state index is 0.176. The number of hydrogen-bond acceptors (Lipinski definition) is 5. The molecule has 1 atom stereocenters. The Balaban J connectivity index is 1.36. The maximum atomic E-state index is 13.3. The van der Waals surface area contributed by atoms with Crippen LogP contribution in [0.3, 0.4) is 0 Å². The number of pyridine rings is 1. The Morgan fingerprint density at radius 3 is 2.15 bits per heavy atom. The van der Waals surface area contributed by atoms with Crippen LogP contribution in [0.15, 0.2) is 60.7 Å². The SMILES string of the molecule is Cc1cccc2c1C(=O)[C@H](c1ccc3cccc(OCCCc4cc(C(C)(C)C)c(O)c(C(C)(C)C)c4)c3n1)C2=O. The van der Waals surface area contributed by atoms with Crippen LogP contribution in [0.2, 0.25) is 0 Å². The van der Waals surface area contributed by atoms with E-state index in [9.17, 15) is 14.7 Å². The van der Waals surface area contributed by atoms with E-state index in [-0.39, 0.29) is 22.4 Å². The van der Waals surface area contributed by atoms with E-state index in [1.807, 2.05) is 43.3 Å². The van der Waals surface area contributed by atoms with Crippen molar-refractivity contribution in [2.45, 2.75) is 78.1 Å². The third-order valence-electron chi connectivity index (χ3n) is 7.96. The number of benzene rings is 3. The summed E-state index contributed by atoms with van der Waals surface area (Å²) in [7, 11) is 0. The molecule has 0 radical (unpaired) electrons. The topological polar surface area (TPSA) is 76.5 Å². The third kappa shape index (κ3) is 5.38. The molecule has 0 fully saturated rings. The first-order valence-electron chi connectivity index (χ1n) is 14.3. The van der Waals surface area contributed by atoms with Crippen molar-refractivity contribution in [3.05, 3.63) is 99.7 Å². The number of aromatic nitrogens is 1. The summed E-state index contributed by atoms with van der Waals surface area (Å²) in [5, 5.41) is 11.9. The van der Waals surface area contributed by atoms with Gasteiger partial charge in [-0.3, -0.25) is 9.59 Å². The van der Waals surface area contributed by atoms with Crippen molar-refractivity contribution in [1.29, 1.82) is 0 Å². The van der Waals surface area contributed by atoms with E-state index < -0.39 is 5.92 Å². The number of Topliss-reactive ketones (excluding diaryl/α,β-unsaturated/α-hetero) is 2. The summed E-state index contributed by atoms with van der Waals surface area (Å²) in [6, 6.07) is 19.1. The fourth-order valence-electron chi connectivity index (χ4n) is 5.74. The number of aryl methyl sites for hydroxylation is 2. The summed E-state index contributed by atoms with van der Waals surface area (Å²) in [5.41, 5.74) is 5.63. The Hall–Kier alpha value is -3.99. The largest absolute Gasteiger partial charge is 0.507 e. The number of carbonyl (C=O) groups is 2. The van der Waals surface area contributed by atoms with Crippen molar-refractivity contribution < 1.29 is 19.4 Å². The summed E-state index contributed by atoms with van der Waals surface area (Å²) in [6.45, 7) is 15.1. The Bertz CT molecular complexity index is 1630. The molecule has 0 unspecified atom stereocenters. The van der Waals surface area contributed by atoms with Crippen molar-refractivity contribution in [3.8, 4) is 11.5 Å². The Morgan fingerprint density at radius 2 is 1.51 bits per heavy atom. The maximum absolute atomic E-state index is 13.3. The molecule has 3 aromatic carbocycles. The zero-order valence-electron chi connectivity index (χ0n) is 25.1. The molecule has 0 spiro atoms. The average molecular weight is 550 g/mol. The molecule has 0 saturated carbocycles. The lowest BCUT2D eigenvalue weighted by Crippen LogP contribution is -2.18. The summed E-state index contributed by atoms with van der Waals surface area (Å²) < 4.78 is 6.23. The van der Waals surface area contributed by atoms with E-state index in [1.165, 1.54) is 5.56 Å². The van der Waals surface area contributed by atoms with Gasteiger partial charge in [-0.2, -0.15) is 0 Å². The van der Waals surface area contributed by atoms with Crippen LogP contribution >= 0.6 is 0 Å². The second-order valence-electron chi connectivity index (χ2n) is 13.2. The molecule has 4 aromatic rings. The van der Waals surface area contributed by atoms with E-state index >= 15 is 0 Å². The van der Waals surface area contributed by atoms with E-state index in [0.29, 0.717) is 40.4 Å². The number of carbonyl (C=O) groups excluding carboxylic acids is 2. The van der Waals surface area contributed by atoms with Gasteiger partial charge in [0.05, 0.1) is 12.3 Å². The second-order valence-corrected chi connectivity index (χ2v) is 13.2. The van der Waals surface area contributed by atoms with Gasteiger partial charge in [0.25, 0.3) is 0 Å². The zero-order chi connectivity index (χ0) is 29.7. The lowest BCUT2D eigenvalue weighted by atomic mass is 9.78. The highest BCUT2D eigenvalue weighted by Crippen LogP contribution is 2.40. The monoisotopic (exact) mass is 549 g/mol. The molecule has 212 valence electrons. The number of aromatic hydroxyl groups is 1. The van der Waals surface area contributed by atoms with E-state index in [4.69, 9.17) is 9.72 Å². The van der Waals surface area contributed by atoms with Crippen LogP contribution in [-0.2, 0) is 17.3 Å². The van der Waals surface area contributed by atoms with Crippen LogP contribution in [0, 0.1) is 6.92 Å². The van der Waals surface area contributed by atoms with Crippen LogP contribution in [0.4, 0.5) is 0 Å². The number of ketones is 2. The highest BCUT2D eigenvalue weighted by Gasteiger charge is 2.41. The number of phenols is 1. The molecule has 0 aliphatic heterocycles. The lowest BCUT2D eigenvalue weighted by molar-refractivity contribution is 0.0888. The summed E-state index contributed by atoms with van der Waals surface area (Å²) >= 11 is 0. The number of ether oxygens (including phenoxy) is 1. The molecular formula is C36H39NO4. The molecule has 1 aliphatic rings. The van der Waals surface area contributed by atoms with Crippen LogP contribution in [0.5, 0.6) is 11.5 Å². The van der Waals surface area contributed by atoms with Gasteiger partial charge in [-0.15, -0.1) is 0 Å². The molecule has 5 rings (SSSR count). The van der Waals surface area contributed by atoms with Gasteiger partial charge >= 0.3 is 0 Å². The van der Waals surface area contributed by atoms with Gasteiger partial charge in [0.15, 0.2) is 11.6 Å². The van der Waals surface area contributed by atoms with E-state index in [2.05, 4.69) is 53.7 Å². The summed E-state index contributed by atoms with van der Waals surface area (Å²) in [6.07, 6.45) is 1.58. The van der Waals surface area contributed by atoms with Gasteiger partial charge in [-0.1, -0.05) is 90.1 Å². The normalized spacial score (nSPS) is 15.4. The van der Waals surface area contributed by atoms with Crippen LogP contribution < -0.4 is 4.74 Å². The Labute approximate surface area is 242 Å². The maximum Gasteiger partial charge on any atom is 0.180 e. The second kappa shape index (κ2) is 10.4. The van der Waals surface area contributed by atoms with Gasteiger partial charge in [-0.05, 0) is 65.0 Å². The van der Waals surface area contributed by atoms with Gasteiger partial charge < -0.3 is 9.84 Å². The zero-order valence-corrected chi connectivity index (χ0v) is 25.1. The molecule has 1 heterocycles. The van der Waals surface area contributed by atoms with Crippen molar-refractivity contribution in [1.82, 2.24) is 4.98 Å². The van der Waals surface area contributed by atoms with Crippen molar-refractivity contribution >= 4 is 22.5 Å². The Kier molecular flexibility index (Phi) is 7.27.